The van der Waals surface area contributed by atoms with E-state index in [2.05, 4.69) is 22.5 Å². The number of benzene rings is 1. The topological polar surface area (TPSA) is 103 Å². The number of halogens is 1. The maximum atomic E-state index is 13.8. The quantitative estimate of drug-likeness (QED) is 0.424. The molecule has 7 nitrogen and oxygen atoms in total. The van der Waals surface area contributed by atoms with Gasteiger partial charge in [0.2, 0.25) is 0 Å². The predicted octanol–water partition coefficient (Wildman–Crippen LogP) is 2.76. The Balaban J connectivity index is 1.80. The molecule has 0 bridgehead atoms. The molecule has 2 heterocycles. The van der Waals surface area contributed by atoms with Crippen molar-refractivity contribution in [1.82, 2.24) is 4.90 Å². The molecule has 1 amide bonds. The molecular weight excluding hydrogens is 361 g/mol. The van der Waals surface area contributed by atoms with E-state index in [0.29, 0.717) is 17.2 Å². The molecule has 8 heteroatoms. The zero-order valence-electron chi connectivity index (χ0n) is 16.4. The highest BCUT2D eigenvalue weighted by molar-refractivity contribution is 6.04. The summed E-state index contributed by atoms with van der Waals surface area (Å²) < 4.78 is 19.0. The van der Waals surface area contributed by atoms with Gasteiger partial charge < -0.3 is 31.4 Å². The Bertz CT molecular complexity index is 800. The number of rotatable bonds is 7. The van der Waals surface area contributed by atoms with Gasteiger partial charge in [-0.05, 0) is 49.9 Å². The molecule has 1 aromatic carbocycles. The van der Waals surface area contributed by atoms with Gasteiger partial charge in [0.15, 0.2) is 0 Å². The van der Waals surface area contributed by atoms with E-state index in [1.54, 1.807) is 7.11 Å². The van der Waals surface area contributed by atoms with E-state index in [1.807, 2.05) is 0 Å². The van der Waals surface area contributed by atoms with E-state index < -0.39 is 11.7 Å². The molecule has 0 aliphatic carbocycles. The van der Waals surface area contributed by atoms with E-state index in [4.69, 9.17) is 15.9 Å². The number of hydrogen-bond acceptors (Lipinski definition) is 6. The molecule has 0 unspecified atom stereocenters. The standard InChI is InChI=1S/C20H28FN5O2/c1-20(4-7-26(8-5-20)6-3-9-28-2)15(12-22)19-24-16-11-13(21)10-14(18(23)27)17(16)25-19/h10-12,22,24-25H,3-9H2,1-2H3,(H2,23,27)/b19-15+,22-12?. The molecule has 0 atom stereocenters. The van der Waals surface area contributed by atoms with Crippen LogP contribution in [0, 0.1) is 16.6 Å². The fraction of sp³-hybridized carbons (Fsp3) is 0.500. The SMILES string of the molecule is COCCCN1CCC(C)(/C(C=N)=C2\Nc3cc(F)cc(C(N)=O)c3N2)CC1. The van der Waals surface area contributed by atoms with Crippen LogP contribution in [0.3, 0.4) is 0 Å². The lowest BCUT2D eigenvalue weighted by Crippen LogP contribution is -2.41. The fourth-order valence-electron chi connectivity index (χ4n) is 3.98. The van der Waals surface area contributed by atoms with Crippen LogP contribution in [0.2, 0.25) is 0 Å². The summed E-state index contributed by atoms with van der Waals surface area (Å²) in [6, 6.07) is 2.45. The van der Waals surface area contributed by atoms with Crippen molar-refractivity contribution in [1.29, 1.82) is 5.41 Å². The molecule has 0 spiro atoms. The Morgan fingerprint density at radius 3 is 2.71 bits per heavy atom. The monoisotopic (exact) mass is 389 g/mol. The number of carbonyl (C=O) groups excluding carboxylic acids is 1. The molecule has 0 saturated carbocycles. The minimum atomic E-state index is -0.696. The molecule has 1 saturated heterocycles. The first kappa shape index (κ1) is 20.3. The van der Waals surface area contributed by atoms with Crippen molar-refractivity contribution >= 4 is 23.5 Å². The number of nitrogens with two attached hydrogens (primary N) is 1. The zero-order valence-corrected chi connectivity index (χ0v) is 16.4. The minimum absolute atomic E-state index is 0.0972. The molecule has 3 rings (SSSR count). The van der Waals surface area contributed by atoms with E-state index in [0.717, 1.165) is 57.1 Å². The third-order valence-electron chi connectivity index (χ3n) is 5.72. The average molecular weight is 389 g/mol. The summed E-state index contributed by atoms with van der Waals surface area (Å²) in [5, 5.41) is 14.3. The van der Waals surface area contributed by atoms with Gasteiger partial charge in [-0.3, -0.25) is 4.79 Å². The van der Waals surface area contributed by atoms with Crippen molar-refractivity contribution in [2.45, 2.75) is 26.2 Å². The number of anilines is 2. The van der Waals surface area contributed by atoms with Gasteiger partial charge in [-0.25, -0.2) is 4.39 Å². The summed E-state index contributed by atoms with van der Waals surface area (Å²) in [4.78, 5) is 14.1. The van der Waals surface area contributed by atoms with Gasteiger partial charge in [-0.15, -0.1) is 0 Å². The van der Waals surface area contributed by atoms with Gasteiger partial charge in [0.1, 0.15) is 11.6 Å². The summed E-state index contributed by atoms with van der Waals surface area (Å²) in [6.45, 7) is 5.80. The molecule has 0 aromatic heterocycles. The van der Waals surface area contributed by atoms with Crippen LogP contribution in [0.4, 0.5) is 15.8 Å². The van der Waals surface area contributed by atoms with Gasteiger partial charge >= 0.3 is 0 Å². The third-order valence-corrected chi connectivity index (χ3v) is 5.72. The predicted molar refractivity (Wildman–Crippen MR) is 108 cm³/mol. The van der Waals surface area contributed by atoms with Crippen molar-refractivity contribution in [2.24, 2.45) is 11.1 Å². The van der Waals surface area contributed by atoms with Crippen molar-refractivity contribution in [3.63, 3.8) is 0 Å². The Morgan fingerprint density at radius 1 is 1.39 bits per heavy atom. The summed E-state index contributed by atoms with van der Waals surface area (Å²) >= 11 is 0. The number of carbonyl (C=O) groups is 1. The van der Waals surface area contributed by atoms with Crippen molar-refractivity contribution < 1.29 is 13.9 Å². The number of nitrogens with zero attached hydrogens (tertiary/aromatic N) is 1. The number of piperidine rings is 1. The molecule has 152 valence electrons. The number of methoxy groups -OCH3 is 1. The van der Waals surface area contributed by atoms with Gasteiger partial charge in [0.05, 0.1) is 16.9 Å². The average Bonchev–Trinajstić information content (AvgIpc) is 3.06. The summed E-state index contributed by atoms with van der Waals surface area (Å²) in [7, 11) is 1.71. The highest BCUT2D eigenvalue weighted by Gasteiger charge is 2.36. The molecule has 1 fully saturated rings. The second kappa shape index (κ2) is 8.28. The van der Waals surface area contributed by atoms with E-state index in [9.17, 15) is 9.18 Å². The highest BCUT2D eigenvalue weighted by Crippen LogP contribution is 2.42. The van der Waals surface area contributed by atoms with Crippen molar-refractivity contribution in [3.8, 4) is 0 Å². The molecular formula is C20H28FN5O2. The Kier molecular flexibility index (Phi) is 6.00. The number of likely N-dealkylation sites (tertiary alicyclic amines) is 1. The number of nitrogens with one attached hydrogen (secondary N) is 3. The molecule has 0 radical (unpaired) electrons. The van der Waals surface area contributed by atoms with Crippen molar-refractivity contribution in [3.05, 3.63) is 34.9 Å². The van der Waals surface area contributed by atoms with E-state index in [-0.39, 0.29) is 11.0 Å². The Hall–Kier alpha value is -2.45. The highest BCUT2D eigenvalue weighted by atomic mass is 19.1. The second-order valence-electron chi connectivity index (χ2n) is 7.67. The van der Waals surface area contributed by atoms with Crippen LogP contribution in [0.5, 0.6) is 0 Å². The van der Waals surface area contributed by atoms with Crippen LogP contribution in [0.1, 0.15) is 36.5 Å². The largest absolute Gasteiger partial charge is 0.385 e. The zero-order chi connectivity index (χ0) is 20.3. The molecule has 1 aromatic rings. The van der Waals surface area contributed by atoms with Crippen molar-refractivity contribution in [2.75, 3.05) is 44.0 Å². The molecule has 28 heavy (non-hydrogen) atoms. The number of primary amides is 1. The first-order valence-electron chi connectivity index (χ1n) is 9.52. The molecule has 2 aliphatic heterocycles. The normalized spacial score (nSPS) is 20.1. The second-order valence-corrected chi connectivity index (χ2v) is 7.67. The van der Waals surface area contributed by atoms with E-state index >= 15 is 0 Å². The van der Waals surface area contributed by atoms with Crippen LogP contribution < -0.4 is 16.4 Å². The molecule has 5 N–H and O–H groups in total. The fourth-order valence-corrected chi connectivity index (χ4v) is 3.98. The van der Waals surface area contributed by atoms with Crippen LogP contribution in [-0.2, 0) is 4.74 Å². The van der Waals surface area contributed by atoms with Gasteiger partial charge in [-0.2, -0.15) is 0 Å². The number of ether oxygens (including phenoxy) is 1. The third kappa shape index (κ3) is 4.02. The summed E-state index contributed by atoms with van der Waals surface area (Å²) in [5.74, 6) is -0.609. The number of allylic oxidation sites excluding steroid dienone is 1. The summed E-state index contributed by atoms with van der Waals surface area (Å²) in [6.07, 6.45) is 4.17. The Morgan fingerprint density at radius 2 is 2.11 bits per heavy atom. The van der Waals surface area contributed by atoms with Crippen LogP contribution in [-0.4, -0.2) is 50.4 Å². The maximum Gasteiger partial charge on any atom is 0.250 e. The maximum absolute atomic E-state index is 13.8. The number of amides is 1. The number of fused-ring (bicyclic) bond motifs is 1. The lowest BCUT2D eigenvalue weighted by Gasteiger charge is -2.40. The Labute approximate surface area is 164 Å². The van der Waals surface area contributed by atoms with E-state index in [1.165, 1.54) is 12.3 Å². The first-order chi connectivity index (χ1) is 13.4. The lowest BCUT2D eigenvalue weighted by atomic mass is 9.74. The molecule has 2 aliphatic rings. The van der Waals surface area contributed by atoms with Crippen LogP contribution >= 0.6 is 0 Å². The van der Waals surface area contributed by atoms with Gasteiger partial charge in [0.25, 0.3) is 5.91 Å². The smallest absolute Gasteiger partial charge is 0.250 e. The lowest BCUT2D eigenvalue weighted by molar-refractivity contribution is 0.100. The van der Waals surface area contributed by atoms with Gasteiger partial charge in [0, 0.05) is 32.0 Å². The summed E-state index contributed by atoms with van der Waals surface area (Å²) in [5.41, 5.74) is 7.04. The van der Waals surface area contributed by atoms with Gasteiger partial charge in [-0.1, -0.05) is 6.92 Å². The minimum Gasteiger partial charge on any atom is -0.385 e. The number of hydrogen-bond donors (Lipinski definition) is 4. The van der Waals surface area contributed by atoms with Crippen LogP contribution in [0.15, 0.2) is 23.5 Å². The first-order valence-corrected chi connectivity index (χ1v) is 9.52. The van der Waals surface area contributed by atoms with Crippen LogP contribution in [0.25, 0.3) is 0 Å².